The van der Waals surface area contributed by atoms with E-state index in [0.29, 0.717) is 0 Å². The molecule has 0 bridgehead atoms. The molecule has 0 saturated carbocycles. The van der Waals surface area contributed by atoms with Crippen molar-refractivity contribution in [1.29, 1.82) is 0 Å². The van der Waals surface area contributed by atoms with Crippen LogP contribution in [0.4, 0.5) is 4.79 Å². The molecule has 0 unspecified atom stereocenters. The summed E-state index contributed by atoms with van der Waals surface area (Å²) in [6.45, 7) is 7.03. The first-order chi connectivity index (χ1) is 8.08. The molecular formula is C11H17NO4S. The van der Waals surface area contributed by atoms with Gasteiger partial charge in [-0.3, -0.25) is 4.90 Å². The standard InChI is InChI=1S/C11H17NO4S/c1-4-6-15-10(13)9(8-17)12(3)11(14)16-7-5-2/h4-5,9,17H,1-2,6-8H2,3H3/t9-/m0/s1. The third-order valence-electron chi connectivity index (χ3n) is 1.87. The Balaban J connectivity index is 4.41. The van der Waals surface area contributed by atoms with Crippen LogP contribution < -0.4 is 0 Å². The largest absolute Gasteiger partial charge is 0.460 e. The Labute approximate surface area is 106 Å². The molecule has 0 aromatic rings. The minimum Gasteiger partial charge on any atom is -0.460 e. The lowest BCUT2D eigenvalue weighted by molar-refractivity contribution is -0.146. The molecule has 1 atom stereocenters. The van der Waals surface area contributed by atoms with Crippen molar-refractivity contribution in [2.24, 2.45) is 0 Å². The van der Waals surface area contributed by atoms with Gasteiger partial charge in [0.15, 0.2) is 0 Å². The summed E-state index contributed by atoms with van der Waals surface area (Å²) < 4.78 is 9.64. The van der Waals surface area contributed by atoms with Gasteiger partial charge in [0.1, 0.15) is 19.3 Å². The van der Waals surface area contributed by atoms with Gasteiger partial charge in [0.25, 0.3) is 0 Å². The smallest absolute Gasteiger partial charge is 0.410 e. The van der Waals surface area contributed by atoms with Crippen LogP contribution in [0.3, 0.4) is 0 Å². The Bertz CT molecular complexity index is 293. The van der Waals surface area contributed by atoms with E-state index in [9.17, 15) is 9.59 Å². The Morgan fingerprint density at radius 2 is 1.82 bits per heavy atom. The normalized spacial score (nSPS) is 11.2. The van der Waals surface area contributed by atoms with Crippen LogP contribution in [0.15, 0.2) is 25.3 Å². The van der Waals surface area contributed by atoms with Gasteiger partial charge in [-0.05, 0) is 0 Å². The molecule has 0 heterocycles. The van der Waals surface area contributed by atoms with E-state index in [1.165, 1.54) is 19.2 Å². The van der Waals surface area contributed by atoms with Crippen molar-refractivity contribution in [3.8, 4) is 0 Å². The highest BCUT2D eigenvalue weighted by atomic mass is 32.1. The third-order valence-corrected chi connectivity index (χ3v) is 2.21. The maximum absolute atomic E-state index is 11.6. The van der Waals surface area contributed by atoms with E-state index >= 15 is 0 Å². The van der Waals surface area contributed by atoms with Crippen molar-refractivity contribution < 1.29 is 19.1 Å². The van der Waals surface area contributed by atoms with E-state index in [1.807, 2.05) is 0 Å². The van der Waals surface area contributed by atoms with Gasteiger partial charge < -0.3 is 9.47 Å². The second-order valence-corrected chi connectivity index (χ2v) is 3.46. The van der Waals surface area contributed by atoms with Crippen LogP contribution in [0.25, 0.3) is 0 Å². The second kappa shape index (κ2) is 8.69. The monoisotopic (exact) mass is 259 g/mol. The Morgan fingerprint density at radius 1 is 1.29 bits per heavy atom. The molecule has 0 spiro atoms. The van der Waals surface area contributed by atoms with Crippen LogP contribution in [0.2, 0.25) is 0 Å². The van der Waals surface area contributed by atoms with E-state index < -0.39 is 18.1 Å². The van der Waals surface area contributed by atoms with Gasteiger partial charge in [-0.1, -0.05) is 25.3 Å². The fourth-order valence-corrected chi connectivity index (χ4v) is 1.35. The maximum atomic E-state index is 11.6. The highest BCUT2D eigenvalue weighted by Gasteiger charge is 2.27. The fourth-order valence-electron chi connectivity index (χ4n) is 0.952. The van der Waals surface area contributed by atoms with Crippen LogP contribution in [-0.4, -0.2) is 49.0 Å². The lowest BCUT2D eigenvalue weighted by atomic mass is 10.3. The molecule has 5 nitrogen and oxygen atoms in total. The van der Waals surface area contributed by atoms with Gasteiger partial charge in [0, 0.05) is 12.8 Å². The van der Waals surface area contributed by atoms with Gasteiger partial charge in [-0.25, -0.2) is 9.59 Å². The van der Waals surface area contributed by atoms with Crippen LogP contribution in [0, 0.1) is 0 Å². The lowest BCUT2D eigenvalue weighted by Gasteiger charge is -2.24. The van der Waals surface area contributed by atoms with Crippen molar-refractivity contribution in [1.82, 2.24) is 4.90 Å². The fraction of sp³-hybridized carbons (Fsp3) is 0.455. The van der Waals surface area contributed by atoms with E-state index in [4.69, 9.17) is 9.47 Å². The minimum atomic E-state index is -0.782. The molecule has 6 heteroatoms. The van der Waals surface area contributed by atoms with E-state index in [0.717, 1.165) is 4.90 Å². The summed E-state index contributed by atoms with van der Waals surface area (Å²) in [5.74, 6) is -0.395. The number of likely N-dealkylation sites (N-methyl/N-ethyl adjacent to an activating group) is 1. The molecule has 0 fully saturated rings. The summed E-state index contributed by atoms with van der Waals surface area (Å²) in [4.78, 5) is 24.2. The first-order valence-corrected chi connectivity index (χ1v) is 5.60. The zero-order valence-electron chi connectivity index (χ0n) is 9.80. The number of rotatable bonds is 7. The van der Waals surface area contributed by atoms with Crippen molar-refractivity contribution in [2.45, 2.75) is 6.04 Å². The number of hydrogen-bond acceptors (Lipinski definition) is 5. The molecular weight excluding hydrogens is 242 g/mol. The molecule has 0 aromatic carbocycles. The Kier molecular flexibility index (Phi) is 7.96. The molecule has 0 N–H and O–H groups in total. The number of hydrogen-bond donors (Lipinski definition) is 1. The van der Waals surface area contributed by atoms with Crippen molar-refractivity contribution >= 4 is 24.7 Å². The molecule has 0 rings (SSSR count). The first-order valence-electron chi connectivity index (χ1n) is 4.97. The summed E-state index contributed by atoms with van der Waals surface area (Å²) in [6, 6.07) is -0.782. The minimum absolute atomic E-state index is 0.0875. The summed E-state index contributed by atoms with van der Waals surface area (Å²) in [5, 5.41) is 0. The van der Waals surface area contributed by atoms with Gasteiger partial charge in [-0.15, -0.1) is 0 Å². The summed E-state index contributed by atoms with van der Waals surface area (Å²) in [6.07, 6.45) is 2.26. The molecule has 0 saturated heterocycles. The van der Waals surface area contributed by atoms with Crippen molar-refractivity contribution in [3.63, 3.8) is 0 Å². The number of esters is 1. The Hall–Kier alpha value is -1.43. The average molecular weight is 259 g/mol. The first kappa shape index (κ1) is 15.6. The summed E-state index contributed by atoms with van der Waals surface area (Å²) in [7, 11) is 1.45. The number of thiol groups is 1. The number of carbonyl (C=O) groups is 2. The van der Waals surface area contributed by atoms with Crippen LogP contribution in [0.5, 0.6) is 0 Å². The van der Waals surface area contributed by atoms with Crippen molar-refractivity contribution in [3.05, 3.63) is 25.3 Å². The molecule has 17 heavy (non-hydrogen) atoms. The van der Waals surface area contributed by atoms with E-state index in [2.05, 4.69) is 25.8 Å². The van der Waals surface area contributed by atoms with E-state index in [-0.39, 0.29) is 19.0 Å². The quantitative estimate of drug-likeness (QED) is 0.425. The average Bonchev–Trinajstić information content (AvgIpc) is 2.33. The van der Waals surface area contributed by atoms with Crippen LogP contribution in [-0.2, 0) is 14.3 Å². The maximum Gasteiger partial charge on any atom is 0.410 e. The zero-order chi connectivity index (χ0) is 13.3. The zero-order valence-corrected chi connectivity index (χ0v) is 10.7. The molecule has 1 amide bonds. The second-order valence-electron chi connectivity index (χ2n) is 3.09. The highest BCUT2D eigenvalue weighted by Crippen LogP contribution is 2.04. The number of carbonyl (C=O) groups excluding carboxylic acids is 2. The number of nitrogens with zero attached hydrogens (tertiary/aromatic N) is 1. The summed E-state index contributed by atoms with van der Waals surface area (Å²) in [5.41, 5.74) is 0. The summed E-state index contributed by atoms with van der Waals surface area (Å²) >= 11 is 4.01. The van der Waals surface area contributed by atoms with Gasteiger partial charge in [0.2, 0.25) is 0 Å². The molecule has 0 aliphatic carbocycles. The third kappa shape index (κ3) is 5.44. The molecule has 0 radical (unpaired) electrons. The van der Waals surface area contributed by atoms with Crippen LogP contribution in [0.1, 0.15) is 0 Å². The SMILES string of the molecule is C=CCOC(=O)[C@H](CS)N(C)C(=O)OCC=C. The van der Waals surface area contributed by atoms with E-state index in [1.54, 1.807) is 0 Å². The topological polar surface area (TPSA) is 55.8 Å². The molecule has 96 valence electrons. The van der Waals surface area contributed by atoms with Gasteiger partial charge >= 0.3 is 12.1 Å². The predicted octanol–water partition coefficient (Wildman–Crippen LogP) is 1.27. The predicted molar refractivity (Wildman–Crippen MR) is 68.1 cm³/mol. The Morgan fingerprint density at radius 3 is 2.29 bits per heavy atom. The molecule has 0 aromatic heterocycles. The van der Waals surface area contributed by atoms with Gasteiger partial charge in [-0.2, -0.15) is 12.6 Å². The number of ether oxygens (including phenoxy) is 2. The highest BCUT2D eigenvalue weighted by molar-refractivity contribution is 7.80. The lowest BCUT2D eigenvalue weighted by Crippen LogP contribution is -2.44. The van der Waals surface area contributed by atoms with Crippen LogP contribution >= 0.6 is 12.6 Å². The number of amides is 1. The van der Waals surface area contributed by atoms with Crippen molar-refractivity contribution in [2.75, 3.05) is 26.0 Å². The molecule has 0 aliphatic heterocycles. The van der Waals surface area contributed by atoms with Gasteiger partial charge in [0.05, 0.1) is 0 Å². The molecule has 0 aliphatic rings.